The summed E-state index contributed by atoms with van der Waals surface area (Å²) < 4.78 is 0. The third-order valence-corrected chi connectivity index (χ3v) is 3.96. The Balaban J connectivity index is 1.74. The molecule has 0 aliphatic carbocycles. The molecule has 28 heavy (non-hydrogen) atoms. The number of aliphatic carboxylic acids is 1. The Labute approximate surface area is 162 Å². The predicted octanol–water partition coefficient (Wildman–Crippen LogP) is 2.88. The van der Waals surface area contributed by atoms with Crippen LogP contribution in [0, 0.1) is 0 Å². The zero-order valence-corrected chi connectivity index (χ0v) is 15.3. The SMILES string of the molecule is O=C(O)CCNC(=O)c1ccc(NC(=O)CCCC(=O)c2ccccc2)cc1. The number of carboxylic acids is 1. The van der Waals surface area contributed by atoms with Crippen LogP contribution < -0.4 is 10.6 Å². The smallest absolute Gasteiger partial charge is 0.305 e. The molecule has 0 bridgehead atoms. The summed E-state index contributed by atoms with van der Waals surface area (Å²) in [6.07, 6.45) is 0.819. The number of rotatable bonds is 10. The van der Waals surface area contributed by atoms with Crippen molar-refractivity contribution in [3.63, 3.8) is 0 Å². The molecule has 0 unspecified atom stereocenters. The van der Waals surface area contributed by atoms with Gasteiger partial charge in [-0.05, 0) is 30.7 Å². The quantitative estimate of drug-likeness (QED) is 0.547. The normalized spacial score (nSPS) is 10.1. The van der Waals surface area contributed by atoms with Crippen LogP contribution in [0.2, 0.25) is 0 Å². The third-order valence-electron chi connectivity index (χ3n) is 3.96. The minimum atomic E-state index is -0.983. The average molecular weight is 382 g/mol. The molecule has 0 aliphatic heterocycles. The molecule has 146 valence electrons. The number of anilines is 1. The van der Waals surface area contributed by atoms with E-state index in [1.54, 1.807) is 48.5 Å². The minimum Gasteiger partial charge on any atom is -0.481 e. The van der Waals surface area contributed by atoms with E-state index >= 15 is 0 Å². The second-order valence-corrected chi connectivity index (χ2v) is 6.17. The summed E-state index contributed by atoms with van der Waals surface area (Å²) in [7, 11) is 0. The number of carbonyl (C=O) groups is 4. The highest BCUT2D eigenvalue weighted by Gasteiger charge is 2.09. The Bertz CT molecular complexity index is 832. The molecule has 7 nitrogen and oxygen atoms in total. The van der Waals surface area contributed by atoms with E-state index in [9.17, 15) is 19.2 Å². The van der Waals surface area contributed by atoms with E-state index in [0.717, 1.165) is 0 Å². The van der Waals surface area contributed by atoms with Crippen molar-refractivity contribution in [2.75, 3.05) is 11.9 Å². The van der Waals surface area contributed by atoms with E-state index in [4.69, 9.17) is 5.11 Å². The lowest BCUT2D eigenvalue weighted by atomic mass is 10.1. The van der Waals surface area contributed by atoms with Gasteiger partial charge in [0.05, 0.1) is 6.42 Å². The van der Waals surface area contributed by atoms with E-state index in [1.807, 2.05) is 6.07 Å². The number of Topliss-reactive ketones (excluding diaryl/α,β-unsaturated/α-hetero) is 1. The average Bonchev–Trinajstić information content (AvgIpc) is 2.68. The van der Waals surface area contributed by atoms with Gasteiger partial charge in [0.1, 0.15) is 0 Å². The highest BCUT2D eigenvalue weighted by Crippen LogP contribution is 2.12. The molecule has 2 amide bonds. The lowest BCUT2D eigenvalue weighted by molar-refractivity contribution is -0.136. The number of ketones is 1. The van der Waals surface area contributed by atoms with Crippen LogP contribution in [0.15, 0.2) is 54.6 Å². The van der Waals surface area contributed by atoms with Gasteiger partial charge in [0.15, 0.2) is 5.78 Å². The Morgan fingerprint density at radius 1 is 0.786 bits per heavy atom. The number of nitrogens with one attached hydrogen (secondary N) is 2. The molecule has 2 aromatic rings. The van der Waals surface area contributed by atoms with Crippen molar-refractivity contribution in [1.29, 1.82) is 0 Å². The summed E-state index contributed by atoms with van der Waals surface area (Å²) in [5, 5.41) is 13.8. The first-order valence-corrected chi connectivity index (χ1v) is 8.94. The van der Waals surface area contributed by atoms with Crippen molar-refractivity contribution in [1.82, 2.24) is 5.32 Å². The summed E-state index contributed by atoms with van der Waals surface area (Å²) in [5.74, 6) is -1.56. The number of benzene rings is 2. The summed E-state index contributed by atoms with van der Waals surface area (Å²) in [4.78, 5) is 46.3. The molecule has 2 aromatic carbocycles. The maximum Gasteiger partial charge on any atom is 0.305 e. The Hall–Kier alpha value is -3.48. The molecule has 2 rings (SSSR count). The fraction of sp³-hybridized carbons (Fsp3) is 0.238. The fourth-order valence-electron chi connectivity index (χ4n) is 2.49. The third kappa shape index (κ3) is 7.03. The molecule has 0 radical (unpaired) electrons. The maximum atomic E-state index is 12.0. The first-order valence-electron chi connectivity index (χ1n) is 8.94. The van der Waals surface area contributed by atoms with Crippen molar-refractivity contribution in [2.45, 2.75) is 25.7 Å². The van der Waals surface area contributed by atoms with E-state index in [2.05, 4.69) is 10.6 Å². The van der Waals surface area contributed by atoms with Crippen molar-refractivity contribution in [3.05, 3.63) is 65.7 Å². The van der Waals surface area contributed by atoms with Gasteiger partial charge in [-0.15, -0.1) is 0 Å². The van der Waals surface area contributed by atoms with Crippen LogP contribution in [0.25, 0.3) is 0 Å². The van der Waals surface area contributed by atoms with Crippen molar-refractivity contribution in [3.8, 4) is 0 Å². The standard InChI is InChI=1S/C21H22N2O5/c24-18(15-5-2-1-3-6-15)7-4-8-19(25)23-17-11-9-16(10-12-17)21(28)22-14-13-20(26)27/h1-3,5-6,9-12H,4,7-8,13-14H2,(H,22,28)(H,23,25)(H,26,27). The fourth-order valence-corrected chi connectivity index (χ4v) is 2.49. The van der Waals surface area contributed by atoms with Crippen LogP contribution in [-0.4, -0.2) is 35.2 Å². The zero-order valence-electron chi connectivity index (χ0n) is 15.3. The molecular weight excluding hydrogens is 360 g/mol. The van der Waals surface area contributed by atoms with Gasteiger partial charge >= 0.3 is 5.97 Å². The van der Waals surface area contributed by atoms with E-state index < -0.39 is 5.97 Å². The number of amides is 2. The predicted molar refractivity (Wildman–Crippen MR) is 104 cm³/mol. The number of hydrogen-bond acceptors (Lipinski definition) is 4. The Morgan fingerprint density at radius 3 is 2.11 bits per heavy atom. The zero-order chi connectivity index (χ0) is 20.4. The number of carbonyl (C=O) groups excluding carboxylic acids is 3. The Kier molecular flexibility index (Phi) is 7.90. The second kappa shape index (κ2) is 10.6. The lowest BCUT2D eigenvalue weighted by Gasteiger charge is -2.07. The maximum absolute atomic E-state index is 12.0. The molecule has 3 N–H and O–H groups in total. The van der Waals surface area contributed by atoms with Gasteiger partial charge in [-0.25, -0.2) is 0 Å². The van der Waals surface area contributed by atoms with Crippen LogP contribution in [0.4, 0.5) is 5.69 Å². The summed E-state index contributed by atoms with van der Waals surface area (Å²) in [6, 6.07) is 15.2. The molecule has 0 saturated heterocycles. The van der Waals surface area contributed by atoms with Gasteiger partial charge in [0.25, 0.3) is 5.91 Å². The van der Waals surface area contributed by atoms with Crippen molar-refractivity contribution < 1.29 is 24.3 Å². The number of carboxylic acid groups (broad SMARTS) is 1. The van der Waals surface area contributed by atoms with Gasteiger partial charge in [0.2, 0.25) is 5.91 Å². The molecule has 0 aromatic heterocycles. The summed E-state index contributed by atoms with van der Waals surface area (Å²) in [6.45, 7) is 0.0500. The van der Waals surface area contributed by atoms with Gasteiger partial charge in [-0.2, -0.15) is 0 Å². The highest BCUT2D eigenvalue weighted by atomic mass is 16.4. The van der Waals surface area contributed by atoms with E-state index in [1.165, 1.54) is 0 Å². The molecule has 0 aliphatic rings. The van der Waals surface area contributed by atoms with Crippen LogP contribution in [0.1, 0.15) is 46.4 Å². The summed E-state index contributed by atoms with van der Waals surface area (Å²) >= 11 is 0. The monoisotopic (exact) mass is 382 g/mol. The molecule has 0 heterocycles. The van der Waals surface area contributed by atoms with E-state index in [0.29, 0.717) is 29.7 Å². The van der Waals surface area contributed by atoms with Gasteiger partial charge < -0.3 is 15.7 Å². The van der Waals surface area contributed by atoms with Gasteiger partial charge in [-0.1, -0.05) is 30.3 Å². The van der Waals surface area contributed by atoms with Crippen LogP contribution in [-0.2, 0) is 9.59 Å². The molecule has 0 atom stereocenters. The molecule has 0 fully saturated rings. The van der Waals surface area contributed by atoms with Crippen LogP contribution in [0.5, 0.6) is 0 Å². The molecular formula is C21H22N2O5. The van der Waals surface area contributed by atoms with Crippen molar-refractivity contribution in [2.24, 2.45) is 0 Å². The van der Waals surface area contributed by atoms with Gasteiger partial charge in [-0.3, -0.25) is 19.2 Å². The topological polar surface area (TPSA) is 113 Å². The second-order valence-electron chi connectivity index (χ2n) is 6.17. The van der Waals surface area contributed by atoms with E-state index in [-0.39, 0.29) is 37.0 Å². The Morgan fingerprint density at radius 2 is 1.46 bits per heavy atom. The van der Waals surface area contributed by atoms with Crippen LogP contribution >= 0.6 is 0 Å². The lowest BCUT2D eigenvalue weighted by Crippen LogP contribution is -2.25. The molecule has 0 spiro atoms. The number of hydrogen-bond donors (Lipinski definition) is 3. The highest BCUT2D eigenvalue weighted by molar-refractivity contribution is 5.97. The minimum absolute atomic E-state index is 0.00617. The first-order chi connectivity index (χ1) is 13.5. The first kappa shape index (κ1) is 20.8. The molecule has 0 saturated carbocycles. The largest absolute Gasteiger partial charge is 0.481 e. The van der Waals surface area contributed by atoms with Gasteiger partial charge in [0, 0.05) is 36.2 Å². The van der Waals surface area contributed by atoms with Crippen molar-refractivity contribution >= 4 is 29.3 Å². The molecule has 7 heteroatoms. The summed E-state index contributed by atoms with van der Waals surface area (Å²) in [5.41, 5.74) is 1.55. The van der Waals surface area contributed by atoms with Crippen LogP contribution in [0.3, 0.4) is 0 Å².